The van der Waals surface area contributed by atoms with E-state index in [1.807, 2.05) is 35.6 Å². The Morgan fingerprint density at radius 3 is 2.48 bits per heavy atom. The van der Waals surface area contributed by atoms with E-state index < -0.39 is 23.5 Å². The quantitative estimate of drug-likeness (QED) is 0.632. The molecule has 7 heteroatoms. The Balaban J connectivity index is 1.61. The Labute approximate surface area is 143 Å². The minimum Gasteiger partial charge on any atom is -0.367 e. The molecule has 0 atom stereocenters. The molecule has 0 radical (unpaired) electrons. The van der Waals surface area contributed by atoms with Crippen LogP contribution in [0.2, 0.25) is 0 Å². The van der Waals surface area contributed by atoms with E-state index in [4.69, 9.17) is 4.74 Å². The summed E-state index contributed by atoms with van der Waals surface area (Å²) in [6, 6.07) is 13.6. The van der Waals surface area contributed by atoms with Crippen LogP contribution in [0.15, 0.2) is 48.5 Å². The summed E-state index contributed by atoms with van der Waals surface area (Å²) in [6.45, 7) is 0.130. The van der Waals surface area contributed by atoms with Crippen LogP contribution in [-0.2, 0) is 20.9 Å². The van der Waals surface area contributed by atoms with Crippen LogP contribution in [0.1, 0.15) is 26.3 Å². The predicted octanol–water partition coefficient (Wildman–Crippen LogP) is 1.29. The molecule has 2 N–H and O–H groups in total. The van der Waals surface area contributed by atoms with Crippen molar-refractivity contribution in [2.75, 3.05) is 11.9 Å². The van der Waals surface area contributed by atoms with Gasteiger partial charge in [-0.2, -0.15) is 0 Å². The van der Waals surface area contributed by atoms with Gasteiger partial charge in [0.1, 0.15) is 6.61 Å². The molecule has 1 aliphatic heterocycles. The number of rotatable bonds is 5. The van der Waals surface area contributed by atoms with Gasteiger partial charge in [0.2, 0.25) is 5.91 Å². The van der Waals surface area contributed by atoms with Gasteiger partial charge in [0.25, 0.3) is 17.6 Å². The predicted molar refractivity (Wildman–Crippen MR) is 88.0 cm³/mol. The molecule has 2 aromatic rings. The molecule has 0 fully saturated rings. The standard InChI is InChI=1S/C18H14N2O5/c21-15(10-25-9-11-4-2-1-3-5-11)19-12-6-7-13-14(8-12)16(22)18(24)20-17(13)23/h1-8H,9-10H2,(H,19,21)(H,20,23,24). The first kappa shape index (κ1) is 16.5. The molecule has 3 amide bonds. The van der Waals surface area contributed by atoms with Crippen molar-refractivity contribution in [3.05, 3.63) is 65.2 Å². The SMILES string of the molecule is O=C(COCc1ccccc1)Nc1ccc2c(c1)C(=O)C(=O)NC2=O. The Kier molecular flexibility index (Phi) is 4.67. The summed E-state index contributed by atoms with van der Waals surface area (Å²) in [6.07, 6.45) is 0. The number of benzene rings is 2. The van der Waals surface area contributed by atoms with Crippen molar-refractivity contribution in [3.8, 4) is 0 Å². The lowest BCUT2D eigenvalue weighted by Crippen LogP contribution is -2.42. The number of amides is 3. The van der Waals surface area contributed by atoms with E-state index in [0.29, 0.717) is 12.3 Å². The molecule has 7 nitrogen and oxygen atoms in total. The first-order valence-corrected chi connectivity index (χ1v) is 7.50. The molecule has 2 aromatic carbocycles. The first-order valence-electron chi connectivity index (χ1n) is 7.50. The van der Waals surface area contributed by atoms with Gasteiger partial charge in [0.15, 0.2) is 0 Å². The highest BCUT2D eigenvalue weighted by Gasteiger charge is 2.30. The third-order valence-corrected chi connectivity index (χ3v) is 3.57. The number of hydrogen-bond donors (Lipinski definition) is 2. The fourth-order valence-electron chi connectivity index (χ4n) is 2.39. The van der Waals surface area contributed by atoms with Gasteiger partial charge >= 0.3 is 0 Å². The van der Waals surface area contributed by atoms with E-state index in [-0.39, 0.29) is 17.7 Å². The first-order chi connectivity index (χ1) is 12.0. The fourth-order valence-corrected chi connectivity index (χ4v) is 2.39. The largest absolute Gasteiger partial charge is 0.367 e. The molecule has 0 saturated heterocycles. The van der Waals surface area contributed by atoms with Crippen LogP contribution in [0, 0.1) is 0 Å². The van der Waals surface area contributed by atoms with Crippen LogP contribution in [0.25, 0.3) is 0 Å². The minimum absolute atomic E-state index is 0.0308. The summed E-state index contributed by atoms with van der Waals surface area (Å²) >= 11 is 0. The summed E-state index contributed by atoms with van der Waals surface area (Å²) in [4.78, 5) is 46.8. The lowest BCUT2D eigenvalue weighted by Gasteiger charge is -2.15. The number of anilines is 1. The monoisotopic (exact) mass is 338 g/mol. The van der Waals surface area contributed by atoms with Gasteiger partial charge in [-0.15, -0.1) is 0 Å². The van der Waals surface area contributed by atoms with Gasteiger partial charge in [0, 0.05) is 11.3 Å². The smallest absolute Gasteiger partial charge is 0.299 e. The molecule has 0 aliphatic carbocycles. The molecule has 0 bridgehead atoms. The van der Waals surface area contributed by atoms with E-state index in [0.717, 1.165) is 5.56 Å². The average molecular weight is 338 g/mol. The normalized spacial score (nSPS) is 13.2. The zero-order valence-electron chi connectivity index (χ0n) is 13.1. The Morgan fingerprint density at radius 2 is 1.72 bits per heavy atom. The molecular formula is C18H14N2O5. The van der Waals surface area contributed by atoms with Crippen molar-refractivity contribution in [2.24, 2.45) is 0 Å². The lowest BCUT2D eigenvalue weighted by atomic mass is 9.98. The summed E-state index contributed by atoms with van der Waals surface area (Å²) < 4.78 is 5.32. The second-order valence-corrected chi connectivity index (χ2v) is 5.40. The number of carbonyl (C=O) groups excluding carboxylic acids is 4. The van der Waals surface area contributed by atoms with E-state index in [9.17, 15) is 19.2 Å². The molecule has 25 heavy (non-hydrogen) atoms. The number of ketones is 1. The van der Waals surface area contributed by atoms with E-state index in [1.165, 1.54) is 18.2 Å². The van der Waals surface area contributed by atoms with Crippen molar-refractivity contribution >= 4 is 29.2 Å². The van der Waals surface area contributed by atoms with Crippen molar-refractivity contribution in [1.29, 1.82) is 0 Å². The molecule has 126 valence electrons. The van der Waals surface area contributed by atoms with Crippen LogP contribution in [0.5, 0.6) is 0 Å². The molecule has 0 spiro atoms. The molecular weight excluding hydrogens is 324 g/mol. The maximum atomic E-state index is 11.9. The highest BCUT2D eigenvalue weighted by atomic mass is 16.5. The van der Waals surface area contributed by atoms with Crippen molar-refractivity contribution in [1.82, 2.24) is 5.32 Å². The van der Waals surface area contributed by atoms with Crippen molar-refractivity contribution in [2.45, 2.75) is 6.61 Å². The number of imide groups is 1. The highest BCUT2D eigenvalue weighted by molar-refractivity contribution is 6.49. The lowest BCUT2D eigenvalue weighted by molar-refractivity contribution is -0.121. The van der Waals surface area contributed by atoms with Gasteiger partial charge in [-0.05, 0) is 23.8 Å². The highest BCUT2D eigenvalue weighted by Crippen LogP contribution is 2.19. The van der Waals surface area contributed by atoms with Crippen LogP contribution in [-0.4, -0.2) is 30.1 Å². The summed E-state index contributed by atoms with van der Waals surface area (Å²) in [5.74, 6) is -2.84. The molecule has 0 saturated carbocycles. The van der Waals surface area contributed by atoms with E-state index in [2.05, 4.69) is 5.32 Å². The third kappa shape index (κ3) is 3.78. The zero-order valence-corrected chi connectivity index (χ0v) is 13.1. The molecule has 0 unspecified atom stereocenters. The average Bonchev–Trinajstić information content (AvgIpc) is 2.60. The fraction of sp³-hybridized carbons (Fsp3) is 0.111. The molecule has 1 heterocycles. The number of nitrogens with one attached hydrogen (secondary N) is 2. The zero-order chi connectivity index (χ0) is 17.8. The van der Waals surface area contributed by atoms with Gasteiger partial charge in [-0.3, -0.25) is 24.5 Å². The second kappa shape index (κ2) is 7.06. The Hall–Kier alpha value is -3.32. The second-order valence-electron chi connectivity index (χ2n) is 5.40. The van der Waals surface area contributed by atoms with Crippen LogP contribution in [0.4, 0.5) is 5.69 Å². The Morgan fingerprint density at radius 1 is 0.960 bits per heavy atom. The van der Waals surface area contributed by atoms with Gasteiger partial charge in [-0.25, -0.2) is 0 Å². The third-order valence-electron chi connectivity index (χ3n) is 3.57. The van der Waals surface area contributed by atoms with Gasteiger partial charge in [-0.1, -0.05) is 30.3 Å². The number of fused-ring (bicyclic) bond motifs is 1. The van der Waals surface area contributed by atoms with Crippen LogP contribution >= 0.6 is 0 Å². The topological polar surface area (TPSA) is 102 Å². The molecule has 1 aliphatic rings. The van der Waals surface area contributed by atoms with Gasteiger partial charge < -0.3 is 10.1 Å². The number of hydrogen-bond acceptors (Lipinski definition) is 5. The molecule has 3 rings (SSSR count). The maximum absolute atomic E-state index is 11.9. The summed E-state index contributed by atoms with van der Waals surface area (Å²) in [5.41, 5.74) is 1.32. The summed E-state index contributed by atoms with van der Waals surface area (Å²) in [5, 5.41) is 4.52. The van der Waals surface area contributed by atoms with Crippen LogP contribution < -0.4 is 10.6 Å². The van der Waals surface area contributed by atoms with E-state index >= 15 is 0 Å². The van der Waals surface area contributed by atoms with Gasteiger partial charge in [0.05, 0.1) is 12.2 Å². The van der Waals surface area contributed by atoms with Crippen LogP contribution in [0.3, 0.4) is 0 Å². The maximum Gasteiger partial charge on any atom is 0.299 e. The minimum atomic E-state index is -0.979. The van der Waals surface area contributed by atoms with Crippen molar-refractivity contribution < 1.29 is 23.9 Å². The summed E-state index contributed by atoms with van der Waals surface area (Å²) in [7, 11) is 0. The van der Waals surface area contributed by atoms with E-state index in [1.54, 1.807) is 0 Å². The van der Waals surface area contributed by atoms with Crippen molar-refractivity contribution in [3.63, 3.8) is 0 Å². The Bertz CT molecular complexity index is 861. The molecule has 0 aromatic heterocycles. The number of Topliss-reactive ketones (excluding diaryl/α,β-unsaturated/α-hetero) is 1. The number of carbonyl (C=O) groups is 4. The number of ether oxygens (including phenoxy) is 1.